The fourth-order valence-electron chi connectivity index (χ4n) is 4.26. The lowest BCUT2D eigenvalue weighted by molar-refractivity contribution is -0.133. The molecule has 176 valence electrons. The minimum absolute atomic E-state index is 0.0393. The van der Waals surface area contributed by atoms with E-state index in [1.54, 1.807) is 24.1 Å². The van der Waals surface area contributed by atoms with E-state index in [-0.39, 0.29) is 28.8 Å². The SMILES string of the molecule is CN1CCN(C(=O)CN(C)C(=O)c2cccc(S(=O)(=O)N3CCc4ccccc4C3)c2)CC1. The smallest absolute Gasteiger partial charge is 0.254 e. The number of likely N-dealkylation sites (N-methyl/N-ethyl adjacent to an activating group) is 2. The number of rotatable bonds is 5. The number of carbonyl (C=O) groups excluding carboxylic acids is 2. The molecule has 2 aromatic rings. The summed E-state index contributed by atoms with van der Waals surface area (Å²) in [6.45, 7) is 3.58. The highest BCUT2D eigenvalue weighted by Gasteiger charge is 2.29. The average molecular weight is 471 g/mol. The van der Waals surface area contributed by atoms with Crippen molar-refractivity contribution in [2.75, 3.05) is 53.4 Å². The number of hydrogen-bond donors (Lipinski definition) is 0. The third-order valence-electron chi connectivity index (χ3n) is 6.39. The molecule has 0 aromatic heterocycles. The first-order chi connectivity index (χ1) is 15.8. The Morgan fingerprint density at radius 1 is 0.939 bits per heavy atom. The van der Waals surface area contributed by atoms with Gasteiger partial charge in [-0.25, -0.2) is 8.42 Å². The van der Waals surface area contributed by atoms with Crippen LogP contribution in [0.3, 0.4) is 0 Å². The van der Waals surface area contributed by atoms with Gasteiger partial charge in [0.05, 0.1) is 11.4 Å². The zero-order chi connectivity index (χ0) is 23.6. The molecule has 1 saturated heterocycles. The Bertz CT molecular complexity index is 1140. The summed E-state index contributed by atoms with van der Waals surface area (Å²) < 4.78 is 28.0. The van der Waals surface area contributed by atoms with Crippen LogP contribution in [-0.2, 0) is 27.8 Å². The van der Waals surface area contributed by atoms with E-state index in [2.05, 4.69) is 4.90 Å². The van der Waals surface area contributed by atoms with Gasteiger partial charge in [0.15, 0.2) is 0 Å². The normalized spacial score (nSPS) is 17.5. The highest BCUT2D eigenvalue weighted by molar-refractivity contribution is 7.89. The molecule has 2 aliphatic rings. The van der Waals surface area contributed by atoms with Crippen molar-refractivity contribution in [3.8, 4) is 0 Å². The lowest BCUT2D eigenvalue weighted by atomic mass is 10.0. The third-order valence-corrected chi connectivity index (χ3v) is 8.23. The van der Waals surface area contributed by atoms with Gasteiger partial charge in [-0.05, 0) is 42.8 Å². The van der Waals surface area contributed by atoms with Gasteiger partial charge in [0.25, 0.3) is 5.91 Å². The maximum absolute atomic E-state index is 13.3. The molecule has 2 aromatic carbocycles. The molecular formula is C24H30N4O4S. The zero-order valence-electron chi connectivity index (χ0n) is 19.1. The molecule has 2 heterocycles. The van der Waals surface area contributed by atoms with Gasteiger partial charge in [-0.15, -0.1) is 0 Å². The Hall–Kier alpha value is -2.75. The number of sulfonamides is 1. The maximum atomic E-state index is 13.3. The van der Waals surface area contributed by atoms with Gasteiger partial charge in [-0.2, -0.15) is 4.31 Å². The number of benzene rings is 2. The summed E-state index contributed by atoms with van der Waals surface area (Å²) in [5, 5.41) is 0. The van der Waals surface area contributed by atoms with Gasteiger partial charge in [-0.1, -0.05) is 30.3 Å². The van der Waals surface area contributed by atoms with Crippen LogP contribution in [0.4, 0.5) is 0 Å². The van der Waals surface area contributed by atoms with Crippen molar-refractivity contribution >= 4 is 21.8 Å². The van der Waals surface area contributed by atoms with Crippen molar-refractivity contribution < 1.29 is 18.0 Å². The molecule has 0 aliphatic carbocycles. The van der Waals surface area contributed by atoms with Crippen LogP contribution in [0.2, 0.25) is 0 Å². The van der Waals surface area contributed by atoms with Crippen LogP contribution in [0.25, 0.3) is 0 Å². The second kappa shape index (κ2) is 9.62. The highest BCUT2D eigenvalue weighted by Crippen LogP contribution is 2.25. The molecule has 4 rings (SSSR count). The van der Waals surface area contributed by atoms with Crippen LogP contribution in [-0.4, -0.2) is 92.6 Å². The minimum atomic E-state index is -3.75. The van der Waals surface area contributed by atoms with Gasteiger partial charge in [0.2, 0.25) is 15.9 Å². The number of fused-ring (bicyclic) bond motifs is 1. The molecule has 9 heteroatoms. The van der Waals surface area contributed by atoms with Crippen LogP contribution in [0.5, 0.6) is 0 Å². The molecule has 2 amide bonds. The molecule has 2 aliphatic heterocycles. The Balaban J connectivity index is 1.45. The van der Waals surface area contributed by atoms with Gasteiger partial charge in [0, 0.05) is 51.9 Å². The summed E-state index contributed by atoms with van der Waals surface area (Å²) in [4.78, 5) is 30.9. The molecule has 33 heavy (non-hydrogen) atoms. The fourth-order valence-corrected chi connectivity index (χ4v) is 5.73. The first-order valence-corrected chi connectivity index (χ1v) is 12.6. The first-order valence-electron chi connectivity index (χ1n) is 11.1. The highest BCUT2D eigenvalue weighted by atomic mass is 32.2. The molecule has 0 radical (unpaired) electrons. The lowest BCUT2D eigenvalue weighted by Gasteiger charge is -2.33. The van der Waals surface area contributed by atoms with Gasteiger partial charge in [-0.3, -0.25) is 9.59 Å². The van der Waals surface area contributed by atoms with Crippen molar-refractivity contribution in [1.29, 1.82) is 0 Å². The van der Waals surface area contributed by atoms with Crippen molar-refractivity contribution in [2.45, 2.75) is 17.9 Å². The fraction of sp³-hybridized carbons (Fsp3) is 0.417. The van der Waals surface area contributed by atoms with Crippen molar-refractivity contribution in [1.82, 2.24) is 19.0 Å². The second-order valence-electron chi connectivity index (χ2n) is 8.73. The van der Waals surface area contributed by atoms with E-state index in [4.69, 9.17) is 0 Å². The minimum Gasteiger partial charge on any atom is -0.339 e. The predicted molar refractivity (Wildman–Crippen MR) is 125 cm³/mol. The van der Waals surface area contributed by atoms with E-state index in [0.717, 1.165) is 18.7 Å². The standard InChI is InChI=1S/C24H30N4O4S/c1-25-12-14-27(15-13-25)23(29)18-26(2)24(30)20-8-5-9-22(16-20)33(31,32)28-11-10-19-6-3-4-7-21(19)17-28/h3-9,16H,10-15,17-18H2,1-2H3. The Kier molecular flexibility index (Phi) is 6.83. The summed E-state index contributed by atoms with van der Waals surface area (Å²) in [6.07, 6.45) is 0.658. The van der Waals surface area contributed by atoms with E-state index in [9.17, 15) is 18.0 Å². The monoisotopic (exact) mass is 470 g/mol. The molecule has 0 bridgehead atoms. The number of hydrogen-bond acceptors (Lipinski definition) is 5. The summed E-state index contributed by atoms with van der Waals surface area (Å²) in [7, 11) is -0.166. The van der Waals surface area contributed by atoms with Crippen LogP contribution in [0.15, 0.2) is 53.4 Å². The summed E-state index contributed by atoms with van der Waals surface area (Å²) in [6, 6.07) is 13.9. The Labute approximate surface area is 195 Å². The van der Waals surface area contributed by atoms with E-state index in [1.165, 1.54) is 26.9 Å². The largest absolute Gasteiger partial charge is 0.339 e. The topological polar surface area (TPSA) is 81.2 Å². The van der Waals surface area contributed by atoms with Crippen molar-refractivity contribution in [3.05, 3.63) is 65.2 Å². The summed E-state index contributed by atoms with van der Waals surface area (Å²) in [5.41, 5.74) is 2.42. The number of nitrogens with zero attached hydrogens (tertiary/aromatic N) is 4. The van der Waals surface area contributed by atoms with E-state index < -0.39 is 10.0 Å². The zero-order valence-corrected chi connectivity index (χ0v) is 19.9. The lowest BCUT2D eigenvalue weighted by Crippen LogP contribution is -2.50. The molecular weight excluding hydrogens is 440 g/mol. The maximum Gasteiger partial charge on any atom is 0.254 e. The van der Waals surface area contributed by atoms with Gasteiger partial charge < -0.3 is 14.7 Å². The summed E-state index contributed by atoms with van der Waals surface area (Å²) in [5.74, 6) is -0.478. The molecule has 0 N–H and O–H groups in total. The number of carbonyl (C=O) groups is 2. The molecule has 0 spiro atoms. The van der Waals surface area contributed by atoms with Crippen molar-refractivity contribution in [2.24, 2.45) is 0 Å². The molecule has 8 nitrogen and oxygen atoms in total. The van der Waals surface area contributed by atoms with E-state index >= 15 is 0 Å². The van der Waals surface area contributed by atoms with Crippen molar-refractivity contribution in [3.63, 3.8) is 0 Å². The molecule has 1 fully saturated rings. The predicted octanol–water partition coefficient (Wildman–Crippen LogP) is 1.28. The Morgan fingerprint density at radius 2 is 1.64 bits per heavy atom. The Morgan fingerprint density at radius 3 is 2.36 bits per heavy atom. The molecule has 0 atom stereocenters. The second-order valence-corrected chi connectivity index (χ2v) is 10.7. The van der Waals surface area contributed by atoms with Crippen LogP contribution in [0, 0.1) is 0 Å². The van der Waals surface area contributed by atoms with Crippen LogP contribution >= 0.6 is 0 Å². The van der Waals surface area contributed by atoms with Gasteiger partial charge >= 0.3 is 0 Å². The van der Waals surface area contributed by atoms with Gasteiger partial charge in [0.1, 0.15) is 0 Å². The molecule has 0 saturated carbocycles. The summed E-state index contributed by atoms with van der Waals surface area (Å²) >= 11 is 0. The van der Waals surface area contributed by atoms with E-state index in [0.29, 0.717) is 32.6 Å². The average Bonchev–Trinajstić information content (AvgIpc) is 2.83. The van der Waals surface area contributed by atoms with Crippen LogP contribution < -0.4 is 0 Å². The van der Waals surface area contributed by atoms with E-state index in [1.807, 2.05) is 31.3 Å². The molecule has 0 unspecified atom stereocenters. The number of piperazine rings is 1. The quantitative estimate of drug-likeness (QED) is 0.658. The number of amides is 2. The third kappa shape index (κ3) is 5.10. The first kappa shape index (κ1) is 23.4. The van der Waals surface area contributed by atoms with Crippen LogP contribution in [0.1, 0.15) is 21.5 Å².